The maximum absolute atomic E-state index is 12.7. The van der Waals surface area contributed by atoms with Crippen molar-refractivity contribution in [3.8, 4) is 11.5 Å². The summed E-state index contributed by atoms with van der Waals surface area (Å²) in [5.41, 5.74) is 0.492. The Hall–Kier alpha value is -1.86. The average Bonchev–Trinajstić information content (AvgIpc) is 3.03. The molecule has 7 heteroatoms. The highest BCUT2D eigenvalue weighted by Crippen LogP contribution is 2.30. The van der Waals surface area contributed by atoms with Gasteiger partial charge in [0, 0.05) is 12.7 Å². The van der Waals surface area contributed by atoms with Crippen LogP contribution in [0.3, 0.4) is 0 Å². The van der Waals surface area contributed by atoms with Gasteiger partial charge in [0.15, 0.2) is 16.3 Å². The molecule has 0 saturated carbocycles. The first-order valence-electron chi connectivity index (χ1n) is 7.14. The van der Waals surface area contributed by atoms with Crippen molar-refractivity contribution in [1.82, 2.24) is 9.55 Å². The second-order valence-electron chi connectivity index (χ2n) is 5.23. The molecule has 1 fully saturated rings. The summed E-state index contributed by atoms with van der Waals surface area (Å²) in [5, 5.41) is 0.518. The van der Waals surface area contributed by atoms with Crippen molar-refractivity contribution in [3.63, 3.8) is 0 Å². The van der Waals surface area contributed by atoms with Crippen LogP contribution in [0.2, 0.25) is 0 Å². The third-order valence-corrected chi connectivity index (χ3v) is 4.22. The highest BCUT2D eigenvalue weighted by molar-refractivity contribution is 7.71. The van der Waals surface area contributed by atoms with Crippen LogP contribution in [0.1, 0.15) is 12.8 Å². The lowest BCUT2D eigenvalue weighted by Crippen LogP contribution is -2.28. The van der Waals surface area contributed by atoms with Crippen molar-refractivity contribution in [3.05, 3.63) is 27.3 Å². The summed E-state index contributed by atoms with van der Waals surface area (Å²) >= 11 is 5.32. The molecule has 1 aliphatic rings. The molecule has 0 unspecified atom stereocenters. The molecule has 118 valence electrons. The zero-order chi connectivity index (χ0) is 15.7. The molecule has 0 bridgehead atoms. The standard InChI is InChI=1S/C15H18N2O4S/c1-19-12-6-10-11(7-13(12)20-2)16-15(22)17(14(10)18)8-9-4-3-5-21-9/h6-7,9H,3-5,8H2,1-2H3,(H,16,22)/t9-/m1/s1. The Morgan fingerprint density at radius 3 is 2.73 bits per heavy atom. The molecule has 0 aliphatic carbocycles. The average molecular weight is 322 g/mol. The molecule has 2 heterocycles. The fourth-order valence-corrected chi connectivity index (χ4v) is 3.00. The zero-order valence-electron chi connectivity index (χ0n) is 12.5. The Kier molecular flexibility index (Phi) is 4.17. The molecule has 1 aromatic carbocycles. The summed E-state index contributed by atoms with van der Waals surface area (Å²) in [6.07, 6.45) is 2.02. The van der Waals surface area contributed by atoms with Gasteiger partial charge in [-0.2, -0.15) is 0 Å². The maximum atomic E-state index is 12.7. The predicted molar refractivity (Wildman–Crippen MR) is 85.5 cm³/mol. The van der Waals surface area contributed by atoms with E-state index < -0.39 is 0 Å². The minimum atomic E-state index is -0.143. The van der Waals surface area contributed by atoms with Crippen molar-refractivity contribution in [2.75, 3.05) is 20.8 Å². The van der Waals surface area contributed by atoms with Crippen LogP contribution in [0, 0.1) is 4.77 Å². The molecule has 3 rings (SSSR count). The molecule has 2 aromatic rings. The highest BCUT2D eigenvalue weighted by atomic mass is 32.1. The van der Waals surface area contributed by atoms with Crippen molar-refractivity contribution < 1.29 is 14.2 Å². The van der Waals surface area contributed by atoms with Crippen LogP contribution in [-0.2, 0) is 11.3 Å². The number of hydrogen-bond donors (Lipinski definition) is 1. The van der Waals surface area contributed by atoms with Crippen LogP contribution < -0.4 is 15.0 Å². The van der Waals surface area contributed by atoms with E-state index in [0.717, 1.165) is 19.4 Å². The second kappa shape index (κ2) is 6.10. The Labute approximate surface area is 132 Å². The number of ether oxygens (including phenoxy) is 3. The van der Waals surface area contributed by atoms with E-state index >= 15 is 0 Å². The molecule has 1 atom stereocenters. The lowest BCUT2D eigenvalue weighted by atomic mass is 10.2. The van der Waals surface area contributed by atoms with Crippen LogP contribution >= 0.6 is 12.2 Å². The molecule has 1 N–H and O–H groups in total. The summed E-state index contributed by atoms with van der Waals surface area (Å²) in [6.45, 7) is 1.22. The smallest absolute Gasteiger partial charge is 0.262 e. The topological polar surface area (TPSA) is 65.5 Å². The van der Waals surface area contributed by atoms with Crippen LogP contribution in [0.15, 0.2) is 16.9 Å². The van der Waals surface area contributed by atoms with E-state index in [1.165, 1.54) is 0 Å². The first-order valence-corrected chi connectivity index (χ1v) is 7.55. The first-order chi connectivity index (χ1) is 10.6. The lowest BCUT2D eigenvalue weighted by Gasteiger charge is -2.14. The summed E-state index contributed by atoms with van der Waals surface area (Å²) in [7, 11) is 3.09. The second-order valence-corrected chi connectivity index (χ2v) is 5.62. The first kappa shape index (κ1) is 15.1. The van der Waals surface area contributed by atoms with Crippen molar-refractivity contribution >= 4 is 23.1 Å². The minimum Gasteiger partial charge on any atom is -0.493 e. The molecule has 1 aromatic heterocycles. The van der Waals surface area contributed by atoms with E-state index in [-0.39, 0.29) is 11.7 Å². The molecule has 0 radical (unpaired) electrons. The minimum absolute atomic E-state index is 0.0467. The quantitative estimate of drug-likeness (QED) is 0.875. The van der Waals surface area contributed by atoms with Gasteiger partial charge in [-0.1, -0.05) is 0 Å². The van der Waals surface area contributed by atoms with Crippen molar-refractivity contribution in [2.45, 2.75) is 25.5 Å². The fraction of sp³-hybridized carbons (Fsp3) is 0.467. The summed E-state index contributed by atoms with van der Waals surface area (Å²) in [6, 6.07) is 3.40. The maximum Gasteiger partial charge on any atom is 0.262 e. The Bertz CT molecular complexity index is 806. The Morgan fingerprint density at radius 2 is 2.09 bits per heavy atom. The van der Waals surface area contributed by atoms with Gasteiger partial charge in [-0.15, -0.1) is 0 Å². The number of methoxy groups -OCH3 is 2. The van der Waals surface area contributed by atoms with Gasteiger partial charge in [0.25, 0.3) is 5.56 Å². The summed E-state index contributed by atoms with van der Waals surface area (Å²) in [5.74, 6) is 1.07. The van der Waals surface area contributed by atoms with E-state index in [1.54, 1.807) is 30.9 Å². The van der Waals surface area contributed by atoms with E-state index in [1.807, 2.05) is 0 Å². The van der Waals surface area contributed by atoms with Gasteiger partial charge in [-0.3, -0.25) is 9.36 Å². The van der Waals surface area contributed by atoms with Gasteiger partial charge < -0.3 is 19.2 Å². The van der Waals surface area contributed by atoms with Gasteiger partial charge in [0.1, 0.15) is 0 Å². The van der Waals surface area contributed by atoms with Gasteiger partial charge in [0.2, 0.25) is 0 Å². The van der Waals surface area contributed by atoms with E-state index in [2.05, 4.69) is 4.98 Å². The molecule has 22 heavy (non-hydrogen) atoms. The number of aromatic nitrogens is 2. The molecular formula is C15H18N2O4S. The Morgan fingerprint density at radius 1 is 1.36 bits per heavy atom. The fourth-order valence-electron chi connectivity index (χ4n) is 2.74. The van der Waals surface area contributed by atoms with Gasteiger partial charge in [-0.05, 0) is 31.1 Å². The van der Waals surface area contributed by atoms with Gasteiger partial charge in [-0.25, -0.2) is 0 Å². The number of fused-ring (bicyclic) bond motifs is 1. The summed E-state index contributed by atoms with van der Waals surface area (Å²) < 4.78 is 18.1. The number of benzene rings is 1. The normalized spacial score (nSPS) is 17.8. The summed E-state index contributed by atoms with van der Waals surface area (Å²) in [4.78, 5) is 15.8. The van der Waals surface area contributed by atoms with E-state index in [9.17, 15) is 4.79 Å². The van der Waals surface area contributed by atoms with Gasteiger partial charge in [0.05, 0.1) is 37.8 Å². The molecule has 0 spiro atoms. The van der Waals surface area contributed by atoms with E-state index in [4.69, 9.17) is 26.4 Å². The number of H-pyrrole nitrogens is 1. The highest BCUT2D eigenvalue weighted by Gasteiger charge is 2.18. The van der Waals surface area contributed by atoms with Gasteiger partial charge >= 0.3 is 0 Å². The van der Waals surface area contributed by atoms with Crippen LogP contribution in [0.25, 0.3) is 10.9 Å². The number of rotatable bonds is 4. The van der Waals surface area contributed by atoms with Crippen molar-refractivity contribution in [2.24, 2.45) is 0 Å². The zero-order valence-corrected chi connectivity index (χ0v) is 13.4. The largest absolute Gasteiger partial charge is 0.493 e. The SMILES string of the molecule is COc1cc2[nH]c(=S)n(C[C@H]3CCCO3)c(=O)c2cc1OC. The molecular weight excluding hydrogens is 304 g/mol. The lowest BCUT2D eigenvalue weighted by molar-refractivity contribution is 0.0957. The third-order valence-electron chi connectivity index (χ3n) is 3.90. The molecule has 6 nitrogen and oxygen atoms in total. The molecule has 1 saturated heterocycles. The number of aromatic amines is 1. The number of hydrogen-bond acceptors (Lipinski definition) is 5. The van der Waals surface area contributed by atoms with Crippen LogP contribution in [0.4, 0.5) is 0 Å². The molecule has 1 aliphatic heterocycles. The predicted octanol–water partition coefficient (Wildman–Crippen LogP) is 2.26. The van der Waals surface area contributed by atoms with Crippen LogP contribution in [0.5, 0.6) is 11.5 Å². The molecule has 0 amide bonds. The van der Waals surface area contributed by atoms with Crippen molar-refractivity contribution in [1.29, 1.82) is 0 Å². The van der Waals surface area contributed by atoms with E-state index in [0.29, 0.717) is 33.7 Å². The number of nitrogens with zero attached hydrogens (tertiary/aromatic N) is 1. The third kappa shape index (κ3) is 2.62. The monoisotopic (exact) mass is 322 g/mol. The van der Waals surface area contributed by atoms with Crippen LogP contribution in [-0.4, -0.2) is 36.5 Å². The Balaban J connectivity index is 2.14. The number of nitrogens with one attached hydrogen (secondary N) is 1.